The van der Waals surface area contributed by atoms with Gasteiger partial charge in [-0.2, -0.15) is 0 Å². The van der Waals surface area contributed by atoms with E-state index in [2.05, 4.69) is 10.2 Å². The van der Waals surface area contributed by atoms with Crippen molar-refractivity contribution in [3.05, 3.63) is 29.8 Å². The number of amides is 1. The van der Waals surface area contributed by atoms with Crippen LogP contribution in [0.4, 0.5) is 14.5 Å². The third kappa shape index (κ3) is 3.64. The lowest BCUT2D eigenvalue weighted by atomic mass is 9.75. The lowest BCUT2D eigenvalue weighted by Gasteiger charge is -2.41. The number of anilines is 1. The molecular formula is C17H22F2N2O. The van der Waals surface area contributed by atoms with Gasteiger partial charge in [-0.15, -0.1) is 0 Å². The summed E-state index contributed by atoms with van der Waals surface area (Å²) in [5, 5.41) is 2.53. The Hall–Kier alpha value is -1.49. The fourth-order valence-electron chi connectivity index (χ4n) is 3.80. The Morgan fingerprint density at radius 2 is 1.95 bits per heavy atom. The van der Waals surface area contributed by atoms with Gasteiger partial charge in [-0.3, -0.25) is 9.69 Å². The van der Waals surface area contributed by atoms with Crippen LogP contribution in [0.3, 0.4) is 0 Å². The maximum Gasteiger partial charge on any atom is 0.238 e. The lowest BCUT2D eigenvalue weighted by molar-refractivity contribution is -0.118. The first-order valence-corrected chi connectivity index (χ1v) is 8.09. The van der Waals surface area contributed by atoms with Gasteiger partial charge in [-0.1, -0.05) is 19.3 Å². The second kappa shape index (κ2) is 6.73. The SMILES string of the molecule is O=C(CN1CC[C@@H]2CCCC[C@@H]2C1)Nc1ccc(F)cc1F. The third-order valence-corrected chi connectivity index (χ3v) is 4.95. The van der Waals surface area contributed by atoms with Crippen molar-refractivity contribution in [2.75, 3.05) is 25.0 Å². The van der Waals surface area contributed by atoms with Crippen molar-refractivity contribution in [3.63, 3.8) is 0 Å². The van der Waals surface area contributed by atoms with Crippen molar-refractivity contribution < 1.29 is 13.6 Å². The summed E-state index contributed by atoms with van der Waals surface area (Å²) in [6, 6.07) is 3.19. The molecule has 22 heavy (non-hydrogen) atoms. The normalized spacial score (nSPS) is 25.5. The summed E-state index contributed by atoms with van der Waals surface area (Å²) in [5.41, 5.74) is 0.0407. The number of hydrogen-bond acceptors (Lipinski definition) is 2. The molecule has 3 nitrogen and oxygen atoms in total. The maximum atomic E-state index is 13.5. The predicted molar refractivity (Wildman–Crippen MR) is 81.5 cm³/mol. The third-order valence-electron chi connectivity index (χ3n) is 4.95. The number of likely N-dealkylation sites (tertiary alicyclic amines) is 1. The van der Waals surface area contributed by atoms with Crippen LogP contribution in [0.15, 0.2) is 18.2 Å². The Bertz CT molecular complexity index is 549. The van der Waals surface area contributed by atoms with E-state index in [4.69, 9.17) is 0 Å². The van der Waals surface area contributed by atoms with Crippen molar-refractivity contribution >= 4 is 11.6 Å². The topological polar surface area (TPSA) is 32.3 Å². The summed E-state index contributed by atoms with van der Waals surface area (Å²) in [7, 11) is 0. The summed E-state index contributed by atoms with van der Waals surface area (Å²) in [5.74, 6) is -0.0885. The van der Waals surface area contributed by atoms with Gasteiger partial charge in [0.05, 0.1) is 12.2 Å². The number of halogens is 2. The molecular weight excluding hydrogens is 286 g/mol. The minimum atomic E-state index is -0.737. The summed E-state index contributed by atoms with van der Waals surface area (Å²) >= 11 is 0. The van der Waals surface area contributed by atoms with Crippen LogP contribution in [-0.2, 0) is 4.79 Å². The molecule has 0 aromatic heterocycles. The Morgan fingerprint density at radius 3 is 2.73 bits per heavy atom. The van der Waals surface area contributed by atoms with Crippen LogP contribution in [0.2, 0.25) is 0 Å². The van der Waals surface area contributed by atoms with Crippen molar-refractivity contribution in [1.82, 2.24) is 4.90 Å². The second-order valence-electron chi connectivity index (χ2n) is 6.50. The highest BCUT2D eigenvalue weighted by molar-refractivity contribution is 5.92. The van der Waals surface area contributed by atoms with Crippen molar-refractivity contribution in [2.24, 2.45) is 11.8 Å². The minimum absolute atomic E-state index is 0.0407. The first-order chi connectivity index (χ1) is 10.6. The van der Waals surface area contributed by atoms with Crippen LogP contribution in [0, 0.1) is 23.5 Å². The van der Waals surface area contributed by atoms with E-state index in [1.807, 2.05) is 0 Å². The van der Waals surface area contributed by atoms with Crippen molar-refractivity contribution in [3.8, 4) is 0 Å². The van der Waals surface area contributed by atoms with Gasteiger partial charge in [-0.25, -0.2) is 8.78 Å². The fourth-order valence-corrected chi connectivity index (χ4v) is 3.80. The number of nitrogens with zero attached hydrogens (tertiary/aromatic N) is 1. The molecule has 1 aromatic carbocycles. The molecule has 0 radical (unpaired) electrons. The number of carbonyl (C=O) groups is 1. The van der Waals surface area contributed by atoms with E-state index in [0.29, 0.717) is 5.92 Å². The zero-order valence-corrected chi connectivity index (χ0v) is 12.7. The average molecular weight is 308 g/mol. The van der Waals surface area contributed by atoms with Gasteiger partial charge < -0.3 is 5.32 Å². The summed E-state index contributed by atoms with van der Waals surface area (Å²) < 4.78 is 26.4. The first-order valence-electron chi connectivity index (χ1n) is 8.09. The van der Waals surface area contributed by atoms with Crippen LogP contribution < -0.4 is 5.32 Å². The highest BCUT2D eigenvalue weighted by Gasteiger charge is 2.31. The standard InChI is InChI=1S/C17H22F2N2O/c18-14-5-6-16(15(19)9-14)20-17(22)11-21-8-7-12-3-1-2-4-13(12)10-21/h5-6,9,12-13H,1-4,7-8,10-11H2,(H,20,22)/t12-,13+/m0/s1. The number of fused-ring (bicyclic) bond motifs is 1. The zero-order valence-electron chi connectivity index (χ0n) is 12.7. The fraction of sp³-hybridized carbons (Fsp3) is 0.588. The smallest absolute Gasteiger partial charge is 0.238 e. The van der Waals surface area contributed by atoms with E-state index in [0.717, 1.165) is 37.6 Å². The molecule has 2 aliphatic rings. The molecule has 1 aromatic rings. The Morgan fingerprint density at radius 1 is 1.18 bits per heavy atom. The van der Waals surface area contributed by atoms with Crippen molar-refractivity contribution in [1.29, 1.82) is 0 Å². The lowest BCUT2D eigenvalue weighted by Crippen LogP contribution is -2.44. The molecule has 1 amide bonds. The first kappa shape index (κ1) is 15.4. The van der Waals surface area contributed by atoms with Gasteiger partial charge in [0, 0.05) is 12.6 Å². The van der Waals surface area contributed by atoms with Crippen LogP contribution in [0.1, 0.15) is 32.1 Å². The molecule has 120 valence electrons. The number of benzene rings is 1. The molecule has 2 atom stereocenters. The molecule has 0 unspecified atom stereocenters. The molecule has 5 heteroatoms. The van der Waals surface area contributed by atoms with Gasteiger partial charge in [0.15, 0.2) is 0 Å². The molecule has 1 aliphatic heterocycles. The zero-order chi connectivity index (χ0) is 15.5. The predicted octanol–water partition coefficient (Wildman–Crippen LogP) is 3.42. The minimum Gasteiger partial charge on any atom is -0.322 e. The molecule has 1 heterocycles. The molecule has 1 saturated carbocycles. The van der Waals surface area contributed by atoms with Gasteiger partial charge in [0.25, 0.3) is 0 Å². The van der Waals surface area contributed by atoms with Crippen LogP contribution in [0.25, 0.3) is 0 Å². The molecule has 1 N–H and O–H groups in total. The van der Waals surface area contributed by atoms with Crippen LogP contribution in [-0.4, -0.2) is 30.4 Å². The van der Waals surface area contributed by atoms with E-state index < -0.39 is 11.6 Å². The van der Waals surface area contributed by atoms with Gasteiger partial charge in [-0.05, 0) is 43.4 Å². The highest BCUT2D eigenvalue weighted by atomic mass is 19.1. The Kier molecular flexibility index (Phi) is 4.71. The number of hydrogen-bond donors (Lipinski definition) is 1. The second-order valence-corrected chi connectivity index (χ2v) is 6.50. The summed E-state index contributed by atoms with van der Waals surface area (Å²) in [4.78, 5) is 14.2. The Labute approximate surface area is 129 Å². The number of carbonyl (C=O) groups excluding carboxylic acids is 1. The van der Waals surface area contributed by atoms with Crippen LogP contribution in [0.5, 0.6) is 0 Å². The maximum absolute atomic E-state index is 13.5. The molecule has 2 fully saturated rings. The van der Waals surface area contributed by atoms with Gasteiger partial charge in [0.1, 0.15) is 11.6 Å². The van der Waals surface area contributed by atoms with E-state index >= 15 is 0 Å². The number of nitrogens with one attached hydrogen (secondary N) is 1. The van der Waals surface area contributed by atoms with Gasteiger partial charge in [0.2, 0.25) is 5.91 Å². The highest BCUT2D eigenvalue weighted by Crippen LogP contribution is 2.35. The monoisotopic (exact) mass is 308 g/mol. The van der Waals surface area contributed by atoms with E-state index in [-0.39, 0.29) is 18.1 Å². The number of piperidine rings is 1. The molecule has 0 bridgehead atoms. The molecule has 3 rings (SSSR count). The largest absolute Gasteiger partial charge is 0.322 e. The van der Waals surface area contributed by atoms with Crippen molar-refractivity contribution in [2.45, 2.75) is 32.1 Å². The van der Waals surface area contributed by atoms with E-state index in [1.165, 1.54) is 31.7 Å². The summed E-state index contributed by atoms with van der Waals surface area (Å²) in [6.45, 7) is 2.17. The quantitative estimate of drug-likeness (QED) is 0.928. The van der Waals surface area contributed by atoms with Gasteiger partial charge >= 0.3 is 0 Å². The van der Waals surface area contributed by atoms with Crippen LogP contribution >= 0.6 is 0 Å². The number of rotatable bonds is 3. The Balaban J connectivity index is 1.53. The van der Waals surface area contributed by atoms with E-state index in [9.17, 15) is 13.6 Å². The molecule has 1 aliphatic carbocycles. The molecule has 0 spiro atoms. The molecule has 1 saturated heterocycles. The van der Waals surface area contributed by atoms with E-state index in [1.54, 1.807) is 0 Å². The average Bonchev–Trinajstić information content (AvgIpc) is 2.50. The summed E-state index contributed by atoms with van der Waals surface area (Å²) in [6.07, 6.45) is 6.37.